The minimum Gasteiger partial charge on any atom is -0.459 e. The van der Waals surface area contributed by atoms with Crippen LogP contribution in [-0.4, -0.2) is 27.9 Å². The van der Waals surface area contributed by atoms with E-state index in [0.29, 0.717) is 12.4 Å². The van der Waals surface area contributed by atoms with E-state index >= 15 is 0 Å². The van der Waals surface area contributed by atoms with Gasteiger partial charge in [0.15, 0.2) is 5.76 Å². The van der Waals surface area contributed by atoms with Gasteiger partial charge in [0.25, 0.3) is 5.91 Å². The van der Waals surface area contributed by atoms with Crippen molar-refractivity contribution in [2.24, 2.45) is 0 Å². The summed E-state index contributed by atoms with van der Waals surface area (Å²) in [6, 6.07) is 10.7. The number of furan rings is 1. The summed E-state index contributed by atoms with van der Waals surface area (Å²) >= 11 is 0. The number of hydrogen-bond acceptors (Lipinski definition) is 4. The van der Waals surface area contributed by atoms with Gasteiger partial charge in [-0.1, -0.05) is 18.2 Å². The molecule has 3 aromatic rings. The van der Waals surface area contributed by atoms with Crippen LogP contribution in [0.5, 0.6) is 0 Å². The minimum atomic E-state index is -0.334. The summed E-state index contributed by atoms with van der Waals surface area (Å²) in [6.07, 6.45) is 3.06. The van der Waals surface area contributed by atoms with Crippen molar-refractivity contribution in [2.75, 3.05) is 6.54 Å². The van der Waals surface area contributed by atoms with Gasteiger partial charge in [0.2, 0.25) is 5.91 Å². The molecule has 0 spiro atoms. The number of aromatic nitrogens is 2. The van der Waals surface area contributed by atoms with Crippen LogP contribution >= 0.6 is 0 Å². The number of nitrogens with zero attached hydrogens (tertiary/aromatic N) is 2. The van der Waals surface area contributed by atoms with Gasteiger partial charge in [-0.15, -0.1) is 6.58 Å². The Labute approximate surface area is 144 Å². The molecule has 0 atom stereocenters. The molecular formula is C18H18N4O3. The van der Waals surface area contributed by atoms with Gasteiger partial charge in [-0.2, -0.15) is 0 Å². The molecule has 0 saturated heterocycles. The Morgan fingerprint density at radius 2 is 2.04 bits per heavy atom. The number of imidazole rings is 1. The highest BCUT2D eigenvalue weighted by Crippen LogP contribution is 2.16. The predicted octanol–water partition coefficient (Wildman–Crippen LogP) is 1.86. The normalized spacial score (nSPS) is 10.6. The Kier molecular flexibility index (Phi) is 4.94. The van der Waals surface area contributed by atoms with E-state index in [0.717, 1.165) is 11.0 Å². The van der Waals surface area contributed by atoms with E-state index in [1.54, 1.807) is 22.8 Å². The van der Waals surface area contributed by atoms with Gasteiger partial charge in [-0.05, 0) is 24.3 Å². The molecule has 2 amide bonds. The Balaban J connectivity index is 1.81. The first kappa shape index (κ1) is 16.5. The average Bonchev–Trinajstić information content (AvgIpc) is 3.27. The van der Waals surface area contributed by atoms with Crippen molar-refractivity contribution < 1.29 is 14.0 Å². The van der Waals surface area contributed by atoms with Crippen LogP contribution in [0.2, 0.25) is 0 Å². The summed E-state index contributed by atoms with van der Waals surface area (Å²) in [4.78, 5) is 28.6. The van der Waals surface area contributed by atoms with Gasteiger partial charge in [0.1, 0.15) is 12.4 Å². The highest BCUT2D eigenvalue weighted by Gasteiger charge is 2.15. The Bertz CT molecular complexity index is 896. The van der Waals surface area contributed by atoms with Gasteiger partial charge >= 0.3 is 0 Å². The standard InChI is InChI=1S/C18H18N4O3/c1-2-9-19-17(23)12-22-14-7-4-3-6-13(14)21-16(22)11-20-18(24)15-8-5-10-25-15/h2-8,10H,1,9,11-12H2,(H,19,23)(H,20,24). The summed E-state index contributed by atoms with van der Waals surface area (Å²) in [5, 5.41) is 5.50. The monoisotopic (exact) mass is 338 g/mol. The molecule has 0 bridgehead atoms. The molecule has 0 unspecified atom stereocenters. The number of nitrogens with one attached hydrogen (secondary N) is 2. The van der Waals surface area contributed by atoms with Crippen LogP contribution in [0, 0.1) is 0 Å². The smallest absolute Gasteiger partial charge is 0.287 e. The van der Waals surface area contributed by atoms with E-state index < -0.39 is 0 Å². The third-order valence-corrected chi connectivity index (χ3v) is 3.63. The van der Waals surface area contributed by atoms with E-state index in [-0.39, 0.29) is 30.7 Å². The molecule has 7 nitrogen and oxygen atoms in total. The third-order valence-electron chi connectivity index (χ3n) is 3.63. The van der Waals surface area contributed by atoms with Crippen molar-refractivity contribution in [3.63, 3.8) is 0 Å². The molecule has 0 aliphatic heterocycles. The van der Waals surface area contributed by atoms with Crippen molar-refractivity contribution in [3.8, 4) is 0 Å². The molecule has 1 aromatic carbocycles. The number of rotatable bonds is 7. The van der Waals surface area contributed by atoms with Crippen LogP contribution in [-0.2, 0) is 17.9 Å². The van der Waals surface area contributed by atoms with Gasteiger partial charge in [0.05, 0.1) is 23.8 Å². The van der Waals surface area contributed by atoms with E-state index in [1.165, 1.54) is 6.26 Å². The molecule has 7 heteroatoms. The van der Waals surface area contributed by atoms with E-state index in [9.17, 15) is 9.59 Å². The Morgan fingerprint density at radius 3 is 2.80 bits per heavy atom. The third kappa shape index (κ3) is 3.77. The first-order chi connectivity index (χ1) is 12.2. The summed E-state index contributed by atoms with van der Waals surface area (Å²) in [7, 11) is 0. The first-order valence-electron chi connectivity index (χ1n) is 7.82. The molecule has 3 rings (SSSR count). The zero-order chi connectivity index (χ0) is 17.6. The summed E-state index contributed by atoms with van der Waals surface area (Å²) in [5.41, 5.74) is 1.60. The van der Waals surface area contributed by atoms with Crippen LogP contribution in [0.1, 0.15) is 16.4 Å². The van der Waals surface area contributed by atoms with Crippen molar-refractivity contribution in [3.05, 3.63) is 66.9 Å². The molecule has 0 radical (unpaired) electrons. The molecule has 0 aliphatic carbocycles. The van der Waals surface area contributed by atoms with Crippen LogP contribution < -0.4 is 10.6 Å². The molecule has 2 N–H and O–H groups in total. The Morgan fingerprint density at radius 1 is 1.20 bits per heavy atom. The maximum atomic E-state index is 12.1. The van der Waals surface area contributed by atoms with Crippen LogP contribution in [0.4, 0.5) is 0 Å². The highest BCUT2D eigenvalue weighted by molar-refractivity contribution is 5.91. The minimum absolute atomic E-state index is 0.111. The number of benzene rings is 1. The number of fused-ring (bicyclic) bond motifs is 1. The van der Waals surface area contributed by atoms with Crippen molar-refractivity contribution >= 4 is 22.8 Å². The fourth-order valence-corrected chi connectivity index (χ4v) is 2.48. The second-order valence-electron chi connectivity index (χ2n) is 5.36. The number of para-hydroxylation sites is 2. The largest absolute Gasteiger partial charge is 0.459 e. The lowest BCUT2D eigenvalue weighted by molar-refractivity contribution is -0.121. The quantitative estimate of drug-likeness (QED) is 0.644. The van der Waals surface area contributed by atoms with Crippen molar-refractivity contribution in [1.82, 2.24) is 20.2 Å². The number of carbonyl (C=O) groups is 2. The maximum Gasteiger partial charge on any atom is 0.287 e. The second-order valence-corrected chi connectivity index (χ2v) is 5.36. The van der Waals surface area contributed by atoms with Gasteiger partial charge in [-0.25, -0.2) is 4.98 Å². The summed E-state index contributed by atoms with van der Waals surface area (Å²) in [5.74, 6) is 0.336. The van der Waals surface area contributed by atoms with Gasteiger partial charge in [-0.3, -0.25) is 9.59 Å². The number of hydrogen-bond donors (Lipinski definition) is 2. The van der Waals surface area contributed by atoms with E-state index in [1.807, 2.05) is 24.3 Å². The molecule has 0 aliphatic rings. The van der Waals surface area contributed by atoms with E-state index in [4.69, 9.17) is 4.42 Å². The lowest BCUT2D eigenvalue weighted by Crippen LogP contribution is -2.30. The highest BCUT2D eigenvalue weighted by atomic mass is 16.3. The van der Waals surface area contributed by atoms with Crippen molar-refractivity contribution in [1.29, 1.82) is 0 Å². The fourth-order valence-electron chi connectivity index (χ4n) is 2.48. The lowest BCUT2D eigenvalue weighted by atomic mass is 10.3. The molecule has 0 fully saturated rings. The fraction of sp³-hybridized carbons (Fsp3) is 0.167. The van der Waals surface area contributed by atoms with E-state index in [2.05, 4.69) is 22.2 Å². The maximum absolute atomic E-state index is 12.1. The molecule has 128 valence electrons. The van der Waals surface area contributed by atoms with Gasteiger partial charge in [0, 0.05) is 6.54 Å². The average molecular weight is 338 g/mol. The molecule has 25 heavy (non-hydrogen) atoms. The second kappa shape index (κ2) is 7.48. The number of amides is 2. The first-order valence-corrected chi connectivity index (χ1v) is 7.82. The number of carbonyl (C=O) groups excluding carboxylic acids is 2. The topological polar surface area (TPSA) is 89.2 Å². The zero-order valence-electron chi connectivity index (χ0n) is 13.6. The zero-order valence-corrected chi connectivity index (χ0v) is 13.6. The molecule has 2 aromatic heterocycles. The summed E-state index contributed by atoms with van der Waals surface area (Å²) < 4.78 is 6.86. The van der Waals surface area contributed by atoms with Crippen molar-refractivity contribution in [2.45, 2.75) is 13.1 Å². The summed E-state index contributed by atoms with van der Waals surface area (Å²) in [6.45, 7) is 4.27. The molecular weight excluding hydrogens is 320 g/mol. The predicted molar refractivity (Wildman–Crippen MR) is 92.8 cm³/mol. The molecule has 0 saturated carbocycles. The van der Waals surface area contributed by atoms with Gasteiger partial charge < -0.3 is 19.6 Å². The lowest BCUT2D eigenvalue weighted by Gasteiger charge is -2.09. The van der Waals surface area contributed by atoms with Crippen LogP contribution in [0.25, 0.3) is 11.0 Å². The Hall–Kier alpha value is -3.35. The van der Waals surface area contributed by atoms with Crippen LogP contribution in [0.15, 0.2) is 59.7 Å². The molecule has 2 heterocycles. The van der Waals surface area contributed by atoms with Crippen LogP contribution in [0.3, 0.4) is 0 Å². The SMILES string of the molecule is C=CCNC(=O)Cn1c(CNC(=O)c2ccco2)nc2ccccc21.